The molecular weight excluding hydrogens is 352 g/mol. The number of likely N-dealkylation sites (tertiary alicyclic amines) is 1. The molecule has 0 radical (unpaired) electrons. The van der Waals surface area contributed by atoms with Crippen LogP contribution in [0.2, 0.25) is 0 Å². The number of aromatic nitrogens is 2. The minimum Gasteiger partial charge on any atom is -0.341 e. The van der Waals surface area contributed by atoms with Crippen LogP contribution in [0.1, 0.15) is 50.4 Å². The summed E-state index contributed by atoms with van der Waals surface area (Å²) in [5.74, 6) is 0.679. The van der Waals surface area contributed by atoms with Crippen molar-refractivity contribution in [1.29, 1.82) is 0 Å². The lowest BCUT2D eigenvalue weighted by Gasteiger charge is -2.30. The number of piperidine rings is 2. The van der Waals surface area contributed by atoms with Crippen LogP contribution in [-0.2, 0) is 21.4 Å². The van der Waals surface area contributed by atoms with E-state index < -0.39 is 10.0 Å². The van der Waals surface area contributed by atoms with Crippen molar-refractivity contribution in [3.8, 4) is 0 Å². The number of amides is 1. The van der Waals surface area contributed by atoms with Crippen LogP contribution >= 0.6 is 0 Å². The largest absolute Gasteiger partial charge is 0.341 e. The molecule has 0 atom stereocenters. The first-order valence-corrected chi connectivity index (χ1v) is 11.1. The van der Waals surface area contributed by atoms with E-state index in [0.717, 1.165) is 45.2 Å². The number of hydrogen-bond acceptors (Lipinski definition) is 4. The summed E-state index contributed by atoms with van der Waals surface area (Å²) in [5.41, 5.74) is 1.04. The predicted molar refractivity (Wildman–Crippen MR) is 99.3 cm³/mol. The standard InChI is InChI=1S/C18H30N4O3S/c1-14-7-11-20(12-8-14)17(23)13-22-16(3)18(15(2)19-22)26(24,25)21-9-5-4-6-10-21/h14H,4-13H2,1-3H3. The van der Waals surface area contributed by atoms with E-state index in [4.69, 9.17) is 0 Å². The molecule has 0 bridgehead atoms. The smallest absolute Gasteiger partial charge is 0.246 e. The zero-order chi connectivity index (χ0) is 18.9. The highest BCUT2D eigenvalue weighted by atomic mass is 32.2. The average Bonchev–Trinajstić information content (AvgIpc) is 2.90. The monoisotopic (exact) mass is 382 g/mol. The Kier molecular flexibility index (Phi) is 5.72. The molecule has 3 heterocycles. The summed E-state index contributed by atoms with van der Waals surface area (Å²) < 4.78 is 29.2. The fourth-order valence-corrected chi connectivity index (χ4v) is 5.82. The van der Waals surface area contributed by atoms with Gasteiger partial charge in [-0.05, 0) is 45.4 Å². The maximum absolute atomic E-state index is 13.0. The first-order chi connectivity index (χ1) is 12.3. The topological polar surface area (TPSA) is 75.5 Å². The summed E-state index contributed by atoms with van der Waals surface area (Å²) in [4.78, 5) is 14.8. The first kappa shape index (κ1) is 19.4. The average molecular weight is 383 g/mol. The van der Waals surface area contributed by atoms with Gasteiger partial charge in [-0.25, -0.2) is 8.42 Å². The molecule has 0 spiro atoms. The van der Waals surface area contributed by atoms with Crippen molar-refractivity contribution in [2.45, 2.75) is 64.3 Å². The molecular formula is C18H30N4O3S. The molecule has 0 N–H and O–H groups in total. The van der Waals surface area contributed by atoms with Crippen molar-refractivity contribution in [1.82, 2.24) is 19.0 Å². The molecule has 26 heavy (non-hydrogen) atoms. The van der Waals surface area contributed by atoms with Gasteiger partial charge in [-0.2, -0.15) is 9.40 Å². The lowest BCUT2D eigenvalue weighted by Crippen LogP contribution is -2.40. The van der Waals surface area contributed by atoms with Crippen molar-refractivity contribution in [3.05, 3.63) is 11.4 Å². The van der Waals surface area contributed by atoms with Crippen LogP contribution in [0.25, 0.3) is 0 Å². The second-order valence-electron chi connectivity index (χ2n) is 7.69. The highest BCUT2D eigenvalue weighted by Crippen LogP contribution is 2.26. The highest BCUT2D eigenvalue weighted by molar-refractivity contribution is 7.89. The van der Waals surface area contributed by atoms with E-state index >= 15 is 0 Å². The minimum atomic E-state index is -3.55. The summed E-state index contributed by atoms with van der Waals surface area (Å²) in [6, 6.07) is 0. The molecule has 1 aromatic rings. The summed E-state index contributed by atoms with van der Waals surface area (Å²) in [7, 11) is -3.55. The van der Waals surface area contributed by atoms with Crippen molar-refractivity contribution in [3.63, 3.8) is 0 Å². The number of carbonyl (C=O) groups excluding carboxylic acids is 1. The van der Waals surface area contributed by atoms with Gasteiger partial charge in [0.2, 0.25) is 15.9 Å². The van der Waals surface area contributed by atoms with Gasteiger partial charge >= 0.3 is 0 Å². The van der Waals surface area contributed by atoms with Crippen LogP contribution in [0.3, 0.4) is 0 Å². The number of hydrogen-bond donors (Lipinski definition) is 0. The number of aryl methyl sites for hydroxylation is 1. The Bertz CT molecular complexity index is 758. The summed E-state index contributed by atoms with van der Waals surface area (Å²) in [6.07, 6.45) is 4.93. The zero-order valence-corrected chi connectivity index (χ0v) is 16.9. The molecule has 3 rings (SSSR count). The van der Waals surface area contributed by atoms with E-state index in [-0.39, 0.29) is 17.3 Å². The maximum Gasteiger partial charge on any atom is 0.246 e. The Hall–Kier alpha value is -1.41. The highest BCUT2D eigenvalue weighted by Gasteiger charge is 2.32. The predicted octanol–water partition coefficient (Wildman–Crippen LogP) is 1.93. The van der Waals surface area contributed by atoms with E-state index in [0.29, 0.717) is 30.4 Å². The minimum absolute atomic E-state index is 0.0180. The normalized spacial score (nSPS) is 20.5. The van der Waals surface area contributed by atoms with Gasteiger partial charge in [-0.1, -0.05) is 13.3 Å². The van der Waals surface area contributed by atoms with E-state index in [1.807, 2.05) is 4.90 Å². The second kappa shape index (κ2) is 7.68. The summed E-state index contributed by atoms with van der Waals surface area (Å²) in [5, 5.41) is 4.38. The molecule has 2 aliphatic heterocycles. The van der Waals surface area contributed by atoms with Gasteiger partial charge in [0, 0.05) is 26.2 Å². The second-order valence-corrected chi connectivity index (χ2v) is 9.56. The molecule has 1 aromatic heterocycles. The fraction of sp³-hybridized carbons (Fsp3) is 0.778. The van der Waals surface area contributed by atoms with E-state index in [1.54, 1.807) is 22.8 Å². The molecule has 146 valence electrons. The molecule has 0 unspecified atom stereocenters. The Balaban J connectivity index is 1.78. The summed E-state index contributed by atoms with van der Waals surface area (Å²) >= 11 is 0. The van der Waals surface area contributed by atoms with E-state index in [2.05, 4.69) is 12.0 Å². The molecule has 2 aliphatic rings. The van der Waals surface area contributed by atoms with Crippen LogP contribution in [-0.4, -0.2) is 59.5 Å². The van der Waals surface area contributed by atoms with Crippen LogP contribution in [0.15, 0.2) is 4.90 Å². The van der Waals surface area contributed by atoms with Gasteiger partial charge in [0.15, 0.2) is 0 Å². The third-order valence-electron chi connectivity index (χ3n) is 5.65. The molecule has 0 aromatic carbocycles. The molecule has 7 nitrogen and oxygen atoms in total. The molecule has 0 aliphatic carbocycles. The van der Waals surface area contributed by atoms with Crippen molar-refractivity contribution >= 4 is 15.9 Å². The quantitative estimate of drug-likeness (QED) is 0.797. The zero-order valence-electron chi connectivity index (χ0n) is 16.1. The van der Waals surface area contributed by atoms with Crippen LogP contribution in [0, 0.1) is 19.8 Å². The Morgan fingerprint density at radius 3 is 2.31 bits per heavy atom. The number of sulfonamides is 1. The van der Waals surface area contributed by atoms with E-state index in [9.17, 15) is 13.2 Å². The SMILES string of the molecule is Cc1nn(CC(=O)N2CCC(C)CC2)c(C)c1S(=O)(=O)N1CCCCC1. The third-order valence-corrected chi connectivity index (χ3v) is 7.80. The van der Waals surface area contributed by atoms with Crippen LogP contribution < -0.4 is 0 Å². The molecule has 0 saturated carbocycles. The van der Waals surface area contributed by atoms with Crippen LogP contribution in [0.4, 0.5) is 0 Å². The van der Waals surface area contributed by atoms with Gasteiger partial charge in [-0.3, -0.25) is 9.48 Å². The number of nitrogens with zero attached hydrogens (tertiary/aromatic N) is 4. The van der Waals surface area contributed by atoms with E-state index in [1.165, 1.54) is 0 Å². The fourth-order valence-electron chi connectivity index (χ4n) is 3.93. The van der Waals surface area contributed by atoms with Crippen LogP contribution in [0.5, 0.6) is 0 Å². The van der Waals surface area contributed by atoms with Gasteiger partial charge in [0.05, 0.1) is 11.4 Å². The lowest BCUT2D eigenvalue weighted by molar-refractivity contribution is -0.133. The Morgan fingerprint density at radius 2 is 1.69 bits per heavy atom. The number of carbonyl (C=O) groups is 1. The Morgan fingerprint density at radius 1 is 1.08 bits per heavy atom. The van der Waals surface area contributed by atoms with Gasteiger partial charge in [-0.15, -0.1) is 0 Å². The van der Waals surface area contributed by atoms with Gasteiger partial charge in [0.25, 0.3) is 0 Å². The Labute approximate surface area is 156 Å². The molecule has 2 saturated heterocycles. The molecule has 8 heteroatoms. The lowest BCUT2D eigenvalue weighted by atomic mass is 9.99. The molecule has 2 fully saturated rings. The molecule has 1 amide bonds. The number of rotatable bonds is 4. The summed E-state index contributed by atoms with van der Waals surface area (Å²) in [6.45, 7) is 8.47. The first-order valence-electron chi connectivity index (χ1n) is 9.62. The third kappa shape index (κ3) is 3.81. The van der Waals surface area contributed by atoms with Gasteiger partial charge < -0.3 is 4.90 Å². The van der Waals surface area contributed by atoms with Crippen molar-refractivity contribution in [2.24, 2.45) is 5.92 Å². The maximum atomic E-state index is 13.0. The van der Waals surface area contributed by atoms with Crippen molar-refractivity contribution in [2.75, 3.05) is 26.2 Å². The van der Waals surface area contributed by atoms with Gasteiger partial charge in [0.1, 0.15) is 11.4 Å². The van der Waals surface area contributed by atoms with Crippen molar-refractivity contribution < 1.29 is 13.2 Å².